The van der Waals surface area contributed by atoms with Crippen molar-refractivity contribution in [2.75, 3.05) is 6.54 Å². The molecular weight excluding hydrogens is 619 g/mol. The van der Waals surface area contributed by atoms with Crippen molar-refractivity contribution >= 4 is 21.7 Å². The molecule has 0 spiro atoms. The predicted octanol–water partition coefficient (Wildman–Crippen LogP) is 6.39. The quantitative estimate of drug-likeness (QED) is 0.379. The summed E-state index contributed by atoms with van der Waals surface area (Å²) < 4.78 is 124. The summed E-state index contributed by atoms with van der Waals surface area (Å²) in [4.78, 5) is 26.5. The molecule has 44 heavy (non-hydrogen) atoms. The van der Waals surface area contributed by atoms with Crippen LogP contribution in [-0.2, 0) is 36.3 Å². The molecule has 240 valence electrons. The lowest BCUT2D eigenvalue weighted by atomic mass is 9.76. The Morgan fingerprint density at radius 3 is 2.07 bits per heavy atom. The molecule has 2 aliphatic carbocycles. The molecule has 2 aromatic rings. The van der Waals surface area contributed by atoms with Gasteiger partial charge in [0.25, 0.3) is 0 Å². The first-order chi connectivity index (χ1) is 20.4. The summed E-state index contributed by atoms with van der Waals surface area (Å²) >= 11 is 0. The molecule has 0 radical (unpaired) electrons. The van der Waals surface area contributed by atoms with Gasteiger partial charge in [-0.15, -0.1) is 0 Å². The van der Waals surface area contributed by atoms with Crippen LogP contribution in [0.25, 0.3) is 0 Å². The Balaban J connectivity index is 1.63. The molecule has 1 saturated heterocycles. The monoisotopic (exact) mass is 649 g/mol. The highest BCUT2D eigenvalue weighted by molar-refractivity contribution is 7.92. The average molecular weight is 650 g/mol. The molecule has 1 saturated carbocycles. The van der Waals surface area contributed by atoms with Crippen LogP contribution in [-0.4, -0.2) is 55.2 Å². The van der Waals surface area contributed by atoms with E-state index in [0.29, 0.717) is 17.7 Å². The number of hydrogen-bond donors (Lipinski definition) is 1. The van der Waals surface area contributed by atoms with E-state index in [2.05, 4.69) is 0 Å². The van der Waals surface area contributed by atoms with E-state index in [-0.39, 0.29) is 73.4 Å². The van der Waals surface area contributed by atoms with E-state index < -0.39 is 62.0 Å². The zero-order valence-corrected chi connectivity index (χ0v) is 24.3. The number of aryl methyl sites for hydroxylation is 2. The number of carboxylic acids is 1. The second kappa shape index (κ2) is 10.7. The number of sulfone groups is 1. The molecule has 2 aromatic carbocycles. The third-order valence-electron chi connectivity index (χ3n) is 9.55. The van der Waals surface area contributed by atoms with Crippen LogP contribution in [0.5, 0.6) is 0 Å². The highest BCUT2D eigenvalue weighted by Crippen LogP contribution is 2.57. The Bertz CT molecular complexity index is 1570. The number of halogens is 7. The lowest BCUT2D eigenvalue weighted by Crippen LogP contribution is -2.53. The first-order valence-corrected chi connectivity index (χ1v) is 15.7. The minimum Gasteiger partial charge on any atom is -0.481 e. The molecule has 1 N–H and O–H groups in total. The number of hydrogen-bond acceptors (Lipinski definition) is 4. The molecule has 0 bridgehead atoms. The fourth-order valence-electron chi connectivity index (χ4n) is 7.31. The number of benzene rings is 2. The van der Waals surface area contributed by atoms with Gasteiger partial charge in [0.2, 0.25) is 5.91 Å². The lowest BCUT2D eigenvalue weighted by Gasteiger charge is -2.44. The van der Waals surface area contributed by atoms with Gasteiger partial charge < -0.3 is 10.0 Å². The lowest BCUT2D eigenvalue weighted by molar-refractivity contribution is -0.348. The molecule has 1 amide bonds. The van der Waals surface area contributed by atoms with E-state index in [4.69, 9.17) is 0 Å². The van der Waals surface area contributed by atoms with Gasteiger partial charge in [0.1, 0.15) is 4.75 Å². The minimum absolute atomic E-state index is 0.0489. The molecule has 1 heterocycles. The summed E-state index contributed by atoms with van der Waals surface area (Å²) in [7, 11) is -4.43. The van der Waals surface area contributed by atoms with Crippen molar-refractivity contribution in [1.82, 2.24) is 4.90 Å². The van der Waals surface area contributed by atoms with Gasteiger partial charge in [0.05, 0.1) is 16.9 Å². The van der Waals surface area contributed by atoms with Crippen molar-refractivity contribution in [2.45, 2.75) is 85.6 Å². The first kappa shape index (κ1) is 32.2. The number of nitrogens with zero attached hydrogens (tertiary/aromatic N) is 1. The maximum Gasteiger partial charge on any atom is 0.435 e. The van der Waals surface area contributed by atoms with Gasteiger partial charge in [-0.2, -0.15) is 26.3 Å². The summed E-state index contributed by atoms with van der Waals surface area (Å²) in [5.41, 5.74) is -7.01. The predicted molar refractivity (Wildman–Crippen MR) is 143 cm³/mol. The number of fused-ring (bicyclic) bond motifs is 3. The van der Waals surface area contributed by atoms with Crippen LogP contribution >= 0.6 is 0 Å². The van der Waals surface area contributed by atoms with Gasteiger partial charge in [-0.05, 0) is 80.7 Å². The summed E-state index contributed by atoms with van der Waals surface area (Å²) in [5.74, 6) is -2.48. The second-order valence-corrected chi connectivity index (χ2v) is 14.2. The maximum absolute atomic E-state index is 15.0. The number of likely N-dealkylation sites (tertiary alicyclic amines) is 1. The van der Waals surface area contributed by atoms with Gasteiger partial charge in [0, 0.05) is 18.0 Å². The second-order valence-electron chi connectivity index (χ2n) is 12.0. The minimum atomic E-state index is -6.34. The van der Waals surface area contributed by atoms with E-state index in [9.17, 15) is 49.5 Å². The Morgan fingerprint density at radius 2 is 1.50 bits per heavy atom. The van der Waals surface area contributed by atoms with Crippen molar-refractivity contribution < 1.29 is 53.8 Å². The molecule has 5 rings (SSSR count). The van der Waals surface area contributed by atoms with Crippen LogP contribution in [0, 0.1) is 18.8 Å². The van der Waals surface area contributed by atoms with Crippen LogP contribution in [0.2, 0.25) is 0 Å². The normalized spacial score (nSPS) is 26.2. The zero-order chi connectivity index (χ0) is 32.5. The summed E-state index contributed by atoms with van der Waals surface area (Å²) in [6.45, 7) is 1.61. The number of carbonyl (C=O) groups is 2. The number of alkyl halides is 7. The van der Waals surface area contributed by atoms with Crippen molar-refractivity contribution in [3.63, 3.8) is 0 Å². The van der Waals surface area contributed by atoms with Gasteiger partial charge in [-0.25, -0.2) is 12.8 Å². The molecule has 3 aliphatic rings. The topological polar surface area (TPSA) is 91.8 Å². The van der Waals surface area contributed by atoms with Gasteiger partial charge in [0.15, 0.2) is 9.84 Å². The van der Waals surface area contributed by atoms with Crippen molar-refractivity contribution in [3.8, 4) is 0 Å². The van der Waals surface area contributed by atoms with E-state index >= 15 is 4.39 Å². The molecule has 2 fully saturated rings. The average Bonchev–Trinajstić information content (AvgIpc) is 3.36. The third-order valence-corrected chi connectivity index (χ3v) is 12.1. The number of aliphatic carboxylic acids is 1. The highest BCUT2D eigenvalue weighted by Gasteiger charge is 2.74. The summed E-state index contributed by atoms with van der Waals surface area (Å²) in [5, 5.41) is 9.32. The van der Waals surface area contributed by atoms with E-state index in [0.717, 1.165) is 6.07 Å². The van der Waals surface area contributed by atoms with Gasteiger partial charge >= 0.3 is 24.0 Å². The van der Waals surface area contributed by atoms with Gasteiger partial charge in [-0.1, -0.05) is 30.3 Å². The Morgan fingerprint density at radius 1 is 0.886 bits per heavy atom. The number of amides is 1. The van der Waals surface area contributed by atoms with Crippen LogP contribution < -0.4 is 0 Å². The fourth-order valence-corrected chi connectivity index (χ4v) is 9.78. The smallest absolute Gasteiger partial charge is 0.435 e. The molecule has 6 nitrogen and oxygen atoms in total. The van der Waals surface area contributed by atoms with Crippen LogP contribution in [0.15, 0.2) is 47.4 Å². The molecule has 2 atom stereocenters. The summed E-state index contributed by atoms with van der Waals surface area (Å²) in [6.07, 6.45) is -12.0. The van der Waals surface area contributed by atoms with Crippen molar-refractivity contribution in [3.05, 3.63) is 64.7 Å². The molecular formula is C30H30F7NO5S. The van der Waals surface area contributed by atoms with Crippen molar-refractivity contribution in [1.29, 1.82) is 0 Å². The fraction of sp³-hybridized carbons (Fsp3) is 0.533. The number of rotatable bonds is 5. The highest BCUT2D eigenvalue weighted by atomic mass is 32.2. The van der Waals surface area contributed by atoms with Crippen LogP contribution in [0.4, 0.5) is 30.7 Å². The maximum atomic E-state index is 15.0. The first-order valence-electron chi connectivity index (χ1n) is 14.2. The number of carboxylic acid groups (broad SMARTS) is 1. The largest absolute Gasteiger partial charge is 0.481 e. The van der Waals surface area contributed by atoms with Crippen LogP contribution in [0.3, 0.4) is 0 Å². The Labute approximate surface area is 249 Å². The van der Waals surface area contributed by atoms with E-state index in [1.165, 1.54) is 23.1 Å². The van der Waals surface area contributed by atoms with Crippen molar-refractivity contribution in [2.24, 2.45) is 11.8 Å². The molecule has 0 aromatic heterocycles. The van der Waals surface area contributed by atoms with Gasteiger partial charge in [-0.3, -0.25) is 9.59 Å². The number of carbonyl (C=O) groups excluding carboxylic acids is 1. The Kier molecular flexibility index (Phi) is 7.86. The zero-order valence-electron chi connectivity index (χ0n) is 23.5. The molecule has 1 aliphatic heterocycles. The SMILES string of the molecule is Cc1cccc(S(=O)(=O)C23CCN(C(=O)[C@H]4CC[C@H](C(=O)O)CC4)C2CCc2cc(C(F)(C(F)(F)F)C(F)(F)F)ccc23)c1. The molecule has 14 heteroatoms. The Hall–Kier alpha value is -3.16. The summed E-state index contributed by atoms with van der Waals surface area (Å²) in [6, 6.07) is 6.53. The molecule has 2 unspecified atom stereocenters. The standard InChI is InChI=1S/C30H30F7NO5S/c1-17-3-2-4-22(15-17)44(42,43)27-13-14-38(25(39)18-5-7-19(8-6-18)26(40)41)24(27)12-9-20-16-21(10-11-23(20)27)28(31,29(32,33)34)30(35,36)37/h2-4,10-11,15-16,18-19,24H,5-9,12-14H2,1H3,(H,40,41)/t18-,19-,24?,27?. The third kappa shape index (κ3) is 4.78. The van der Waals surface area contributed by atoms with E-state index in [1.807, 2.05) is 0 Å². The van der Waals surface area contributed by atoms with E-state index in [1.54, 1.807) is 13.0 Å². The van der Waals surface area contributed by atoms with Crippen LogP contribution in [0.1, 0.15) is 60.8 Å².